The van der Waals surface area contributed by atoms with E-state index in [0.717, 1.165) is 0 Å². The van der Waals surface area contributed by atoms with Crippen LogP contribution in [0.2, 0.25) is 0 Å². The molecule has 0 aliphatic rings. The summed E-state index contributed by atoms with van der Waals surface area (Å²) in [6.07, 6.45) is 0. The zero-order valence-electron chi connectivity index (χ0n) is 11.3. The molecule has 0 N–H and O–H groups in total. The number of esters is 2. The van der Waals surface area contributed by atoms with Gasteiger partial charge in [-0.2, -0.15) is 0 Å². The SMILES string of the molecule is COC(=O)c1ccccc1-c1ccccc1C(=O)OC. The number of rotatable bonds is 3. The van der Waals surface area contributed by atoms with Gasteiger partial charge in [-0.3, -0.25) is 0 Å². The van der Waals surface area contributed by atoms with E-state index < -0.39 is 11.9 Å². The second-order valence-corrected chi connectivity index (χ2v) is 4.07. The zero-order valence-corrected chi connectivity index (χ0v) is 11.3. The van der Waals surface area contributed by atoms with Crippen LogP contribution in [0.4, 0.5) is 0 Å². The third-order valence-corrected chi connectivity index (χ3v) is 2.95. The Morgan fingerprint density at radius 2 is 1.05 bits per heavy atom. The first kappa shape index (κ1) is 13.8. The molecular weight excluding hydrogens is 256 g/mol. The molecule has 0 saturated carbocycles. The van der Waals surface area contributed by atoms with Gasteiger partial charge >= 0.3 is 11.9 Å². The second-order valence-electron chi connectivity index (χ2n) is 4.07. The van der Waals surface area contributed by atoms with Gasteiger partial charge in [-0.05, 0) is 23.3 Å². The summed E-state index contributed by atoms with van der Waals surface area (Å²) in [5.74, 6) is -0.888. The third-order valence-electron chi connectivity index (χ3n) is 2.95. The highest BCUT2D eigenvalue weighted by atomic mass is 16.5. The molecule has 4 heteroatoms. The summed E-state index contributed by atoms with van der Waals surface area (Å²) in [5.41, 5.74) is 2.10. The van der Waals surface area contributed by atoms with Crippen LogP contribution in [-0.2, 0) is 9.47 Å². The molecule has 2 aromatic carbocycles. The van der Waals surface area contributed by atoms with Crippen molar-refractivity contribution in [2.24, 2.45) is 0 Å². The summed E-state index contributed by atoms with van der Waals surface area (Å²) >= 11 is 0. The first-order chi connectivity index (χ1) is 9.69. The predicted molar refractivity (Wildman–Crippen MR) is 74.6 cm³/mol. The van der Waals surface area contributed by atoms with Gasteiger partial charge in [0, 0.05) is 0 Å². The number of carbonyl (C=O) groups is 2. The van der Waals surface area contributed by atoms with Gasteiger partial charge in [-0.15, -0.1) is 0 Å². The molecule has 0 aliphatic heterocycles. The van der Waals surface area contributed by atoms with E-state index in [1.807, 2.05) is 0 Å². The molecule has 2 rings (SSSR count). The Labute approximate surface area is 116 Å². The first-order valence-electron chi connectivity index (χ1n) is 6.04. The molecule has 0 heterocycles. The molecule has 0 saturated heterocycles. The Hall–Kier alpha value is -2.62. The smallest absolute Gasteiger partial charge is 0.338 e. The molecule has 102 valence electrons. The fourth-order valence-corrected chi connectivity index (χ4v) is 2.01. The van der Waals surface area contributed by atoms with Crippen LogP contribution in [0.1, 0.15) is 20.7 Å². The number of hydrogen-bond acceptors (Lipinski definition) is 4. The van der Waals surface area contributed by atoms with Gasteiger partial charge in [0.25, 0.3) is 0 Å². The number of carbonyl (C=O) groups excluding carboxylic acids is 2. The molecule has 0 aliphatic carbocycles. The number of methoxy groups -OCH3 is 2. The van der Waals surface area contributed by atoms with Crippen LogP contribution in [0.5, 0.6) is 0 Å². The van der Waals surface area contributed by atoms with Crippen molar-refractivity contribution in [2.75, 3.05) is 14.2 Å². The summed E-state index contributed by atoms with van der Waals surface area (Å²) in [6, 6.07) is 14.0. The van der Waals surface area contributed by atoms with Crippen molar-refractivity contribution in [3.8, 4) is 11.1 Å². The minimum atomic E-state index is -0.444. The maximum Gasteiger partial charge on any atom is 0.338 e. The number of ether oxygens (including phenoxy) is 2. The molecule has 2 aromatic rings. The molecule has 0 fully saturated rings. The molecule has 0 unspecified atom stereocenters. The van der Waals surface area contributed by atoms with Crippen molar-refractivity contribution in [3.63, 3.8) is 0 Å². The van der Waals surface area contributed by atoms with Crippen LogP contribution in [0.15, 0.2) is 48.5 Å². The lowest BCUT2D eigenvalue weighted by Gasteiger charge is -2.11. The van der Waals surface area contributed by atoms with Crippen LogP contribution in [-0.4, -0.2) is 26.2 Å². The van der Waals surface area contributed by atoms with E-state index in [1.54, 1.807) is 48.5 Å². The van der Waals surface area contributed by atoms with E-state index in [9.17, 15) is 9.59 Å². The maximum absolute atomic E-state index is 11.8. The van der Waals surface area contributed by atoms with Crippen LogP contribution >= 0.6 is 0 Å². The monoisotopic (exact) mass is 270 g/mol. The highest BCUT2D eigenvalue weighted by Gasteiger charge is 2.18. The third kappa shape index (κ3) is 2.54. The van der Waals surface area contributed by atoms with Crippen LogP contribution in [0.25, 0.3) is 11.1 Å². The van der Waals surface area contributed by atoms with Crippen molar-refractivity contribution in [1.29, 1.82) is 0 Å². The van der Waals surface area contributed by atoms with Crippen LogP contribution in [0.3, 0.4) is 0 Å². The van der Waals surface area contributed by atoms with E-state index in [-0.39, 0.29) is 0 Å². The fourth-order valence-electron chi connectivity index (χ4n) is 2.01. The highest BCUT2D eigenvalue weighted by molar-refractivity contribution is 6.03. The predicted octanol–water partition coefficient (Wildman–Crippen LogP) is 2.93. The topological polar surface area (TPSA) is 52.6 Å². The van der Waals surface area contributed by atoms with E-state index in [4.69, 9.17) is 9.47 Å². The maximum atomic E-state index is 11.8. The van der Waals surface area contributed by atoms with Gasteiger partial charge in [0.2, 0.25) is 0 Å². The van der Waals surface area contributed by atoms with Gasteiger partial charge in [-0.1, -0.05) is 36.4 Å². The van der Waals surface area contributed by atoms with E-state index in [0.29, 0.717) is 22.3 Å². The Bertz CT molecular complexity index is 589. The van der Waals surface area contributed by atoms with Crippen LogP contribution in [0, 0.1) is 0 Å². The standard InChI is InChI=1S/C16H14O4/c1-19-15(17)13-9-5-3-7-11(13)12-8-4-6-10-14(12)16(18)20-2/h3-10H,1-2H3. The molecule has 20 heavy (non-hydrogen) atoms. The summed E-state index contributed by atoms with van der Waals surface area (Å²) in [7, 11) is 2.65. The quantitative estimate of drug-likeness (QED) is 0.805. The average molecular weight is 270 g/mol. The average Bonchev–Trinajstić information content (AvgIpc) is 2.53. The van der Waals surface area contributed by atoms with E-state index >= 15 is 0 Å². The van der Waals surface area contributed by atoms with Gasteiger partial charge in [-0.25, -0.2) is 9.59 Å². The second kappa shape index (κ2) is 6.02. The van der Waals surface area contributed by atoms with E-state index in [1.165, 1.54) is 14.2 Å². The Kier molecular flexibility index (Phi) is 4.15. The summed E-state index contributed by atoms with van der Waals surface area (Å²) < 4.78 is 9.54. The molecule has 0 amide bonds. The van der Waals surface area contributed by atoms with E-state index in [2.05, 4.69) is 0 Å². The largest absolute Gasteiger partial charge is 0.465 e. The van der Waals surface area contributed by atoms with Crippen molar-refractivity contribution >= 4 is 11.9 Å². The first-order valence-corrected chi connectivity index (χ1v) is 6.04. The molecule has 0 radical (unpaired) electrons. The number of hydrogen-bond donors (Lipinski definition) is 0. The lowest BCUT2D eigenvalue weighted by molar-refractivity contribution is 0.0590. The van der Waals surface area contributed by atoms with Crippen molar-refractivity contribution in [1.82, 2.24) is 0 Å². The van der Waals surface area contributed by atoms with Gasteiger partial charge in [0.1, 0.15) is 0 Å². The summed E-state index contributed by atoms with van der Waals surface area (Å²) in [5, 5.41) is 0. The Morgan fingerprint density at radius 1 is 0.700 bits per heavy atom. The normalized spacial score (nSPS) is 9.90. The Balaban J connectivity index is 2.64. The summed E-state index contributed by atoms with van der Waals surface area (Å²) in [4.78, 5) is 23.6. The Morgan fingerprint density at radius 3 is 1.40 bits per heavy atom. The minimum Gasteiger partial charge on any atom is -0.465 e. The minimum absolute atomic E-state index is 0.409. The molecule has 0 bridgehead atoms. The molecule has 4 nitrogen and oxygen atoms in total. The van der Waals surface area contributed by atoms with Gasteiger partial charge in [0.05, 0.1) is 25.3 Å². The highest BCUT2D eigenvalue weighted by Crippen LogP contribution is 2.28. The van der Waals surface area contributed by atoms with Crippen molar-refractivity contribution < 1.29 is 19.1 Å². The molecule has 0 spiro atoms. The molecule has 0 atom stereocenters. The van der Waals surface area contributed by atoms with Gasteiger partial charge in [0.15, 0.2) is 0 Å². The zero-order chi connectivity index (χ0) is 14.5. The number of benzene rings is 2. The van der Waals surface area contributed by atoms with Crippen LogP contribution < -0.4 is 0 Å². The van der Waals surface area contributed by atoms with Crippen molar-refractivity contribution in [2.45, 2.75) is 0 Å². The van der Waals surface area contributed by atoms with Gasteiger partial charge < -0.3 is 9.47 Å². The summed E-state index contributed by atoms with van der Waals surface area (Å²) in [6.45, 7) is 0. The molecular formula is C16H14O4. The molecule has 0 aromatic heterocycles. The van der Waals surface area contributed by atoms with Crippen molar-refractivity contribution in [3.05, 3.63) is 59.7 Å². The fraction of sp³-hybridized carbons (Fsp3) is 0.125. The lowest BCUT2D eigenvalue weighted by Crippen LogP contribution is -2.07. The lowest BCUT2D eigenvalue weighted by atomic mass is 9.95.